The molecule has 1 amide bonds. The molecule has 0 spiro atoms. The summed E-state index contributed by atoms with van der Waals surface area (Å²) in [6, 6.07) is 7.29. The minimum Gasteiger partial charge on any atom is -0.394 e. The van der Waals surface area contributed by atoms with Gasteiger partial charge in [-0.25, -0.2) is 0 Å². The molecule has 1 heterocycles. The van der Waals surface area contributed by atoms with Crippen molar-refractivity contribution in [2.24, 2.45) is 7.05 Å². The molecule has 1 unspecified atom stereocenters. The molecule has 0 saturated carbocycles. The van der Waals surface area contributed by atoms with Crippen LogP contribution < -0.4 is 5.32 Å². The zero-order chi connectivity index (χ0) is 17.0. The molecule has 1 aromatic heterocycles. The summed E-state index contributed by atoms with van der Waals surface area (Å²) in [6.07, 6.45) is 4.18. The maximum Gasteiger partial charge on any atom is 0.251 e. The van der Waals surface area contributed by atoms with Crippen molar-refractivity contribution in [3.63, 3.8) is 0 Å². The highest BCUT2D eigenvalue weighted by molar-refractivity contribution is 5.94. The van der Waals surface area contributed by atoms with Crippen LogP contribution in [0, 0.1) is 0 Å². The first-order valence-electron chi connectivity index (χ1n) is 7.79. The van der Waals surface area contributed by atoms with Crippen molar-refractivity contribution in [3.8, 4) is 0 Å². The molecule has 2 rings (SSSR count). The van der Waals surface area contributed by atoms with Crippen LogP contribution in [0.1, 0.15) is 42.3 Å². The second-order valence-corrected chi connectivity index (χ2v) is 6.91. The van der Waals surface area contributed by atoms with Crippen LogP contribution in [0.4, 0.5) is 0 Å². The Morgan fingerprint density at radius 1 is 1.39 bits per heavy atom. The lowest BCUT2D eigenvalue weighted by Crippen LogP contribution is -2.39. The number of aliphatic hydroxyl groups excluding tert-OH is 1. The molecule has 0 saturated heterocycles. The molecule has 2 N–H and O–H groups in total. The standard InChI is InChI=1S/C18H25N3O2/c1-18(2,3)15-7-5-6-14(9-15)17(23)20-16(12-22)8-13-10-19-21(4)11-13/h5-7,9-11,16,22H,8,12H2,1-4H3,(H,20,23). The largest absolute Gasteiger partial charge is 0.394 e. The fraction of sp³-hybridized carbons (Fsp3) is 0.444. The molecule has 23 heavy (non-hydrogen) atoms. The summed E-state index contributed by atoms with van der Waals surface area (Å²) >= 11 is 0. The molecule has 5 nitrogen and oxygen atoms in total. The molecule has 0 aliphatic carbocycles. The van der Waals surface area contributed by atoms with Crippen LogP contribution >= 0.6 is 0 Å². The van der Waals surface area contributed by atoms with Gasteiger partial charge in [-0.2, -0.15) is 5.10 Å². The molecule has 0 bridgehead atoms. The number of aromatic nitrogens is 2. The van der Waals surface area contributed by atoms with Crippen LogP contribution in [0.2, 0.25) is 0 Å². The topological polar surface area (TPSA) is 67.2 Å². The van der Waals surface area contributed by atoms with Crippen LogP contribution in [0.15, 0.2) is 36.7 Å². The minimum absolute atomic E-state index is 0.0115. The summed E-state index contributed by atoms with van der Waals surface area (Å²) in [5.41, 5.74) is 2.69. The van der Waals surface area contributed by atoms with Gasteiger partial charge in [-0.15, -0.1) is 0 Å². The molecular formula is C18H25N3O2. The van der Waals surface area contributed by atoms with E-state index in [1.807, 2.05) is 31.4 Å². The molecule has 124 valence electrons. The highest BCUT2D eigenvalue weighted by Crippen LogP contribution is 2.22. The number of nitrogens with one attached hydrogen (secondary N) is 1. The molecule has 0 fully saturated rings. The number of hydrogen-bond acceptors (Lipinski definition) is 3. The Kier molecular flexibility index (Phi) is 5.21. The summed E-state index contributed by atoms with van der Waals surface area (Å²) in [5.74, 6) is -0.168. The van der Waals surface area contributed by atoms with Crippen molar-refractivity contribution in [3.05, 3.63) is 53.3 Å². The number of amides is 1. The zero-order valence-corrected chi connectivity index (χ0v) is 14.2. The van der Waals surface area contributed by atoms with E-state index in [-0.39, 0.29) is 24.0 Å². The lowest BCUT2D eigenvalue weighted by Gasteiger charge is -2.20. The summed E-state index contributed by atoms with van der Waals surface area (Å²) in [5, 5.41) is 16.5. The third kappa shape index (κ3) is 4.66. The predicted octanol–water partition coefficient (Wildman–Crippen LogP) is 2.05. The van der Waals surface area contributed by atoms with Gasteiger partial charge >= 0.3 is 0 Å². The highest BCUT2D eigenvalue weighted by atomic mass is 16.3. The number of aryl methyl sites for hydroxylation is 1. The molecule has 1 atom stereocenters. The Bertz CT molecular complexity index is 671. The maximum atomic E-state index is 12.4. The van der Waals surface area contributed by atoms with E-state index in [1.54, 1.807) is 16.9 Å². The third-order valence-electron chi connectivity index (χ3n) is 3.79. The van der Waals surface area contributed by atoms with Gasteiger partial charge in [0.05, 0.1) is 18.8 Å². The molecule has 0 aliphatic rings. The van der Waals surface area contributed by atoms with Crippen LogP contribution in [-0.2, 0) is 18.9 Å². The van der Waals surface area contributed by atoms with Crippen molar-refractivity contribution in [1.82, 2.24) is 15.1 Å². The number of carbonyl (C=O) groups is 1. The van der Waals surface area contributed by atoms with Crippen molar-refractivity contribution in [2.45, 2.75) is 38.6 Å². The first-order valence-corrected chi connectivity index (χ1v) is 7.79. The smallest absolute Gasteiger partial charge is 0.251 e. The first-order chi connectivity index (χ1) is 10.8. The minimum atomic E-state index is -0.329. The number of carbonyl (C=O) groups excluding carboxylic acids is 1. The summed E-state index contributed by atoms with van der Waals surface area (Å²) in [7, 11) is 1.84. The van der Waals surface area contributed by atoms with Crippen molar-refractivity contribution >= 4 is 5.91 Å². The Balaban J connectivity index is 2.07. The van der Waals surface area contributed by atoms with Crippen LogP contribution in [-0.4, -0.2) is 33.4 Å². The monoisotopic (exact) mass is 315 g/mol. The van der Waals surface area contributed by atoms with Gasteiger partial charge in [0.2, 0.25) is 0 Å². The van der Waals surface area contributed by atoms with E-state index in [9.17, 15) is 9.90 Å². The molecule has 1 aromatic carbocycles. The van der Waals surface area contributed by atoms with Gasteiger partial charge in [0.15, 0.2) is 0 Å². The molecule has 0 aliphatic heterocycles. The van der Waals surface area contributed by atoms with Gasteiger partial charge in [-0.05, 0) is 35.1 Å². The van der Waals surface area contributed by atoms with Gasteiger partial charge in [0, 0.05) is 18.8 Å². The van der Waals surface area contributed by atoms with E-state index in [0.717, 1.165) is 11.1 Å². The molecule has 5 heteroatoms. The van der Waals surface area contributed by atoms with E-state index >= 15 is 0 Å². The number of hydrogen-bond donors (Lipinski definition) is 2. The van der Waals surface area contributed by atoms with Crippen LogP contribution in [0.25, 0.3) is 0 Å². The van der Waals surface area contributed by atoms with E-state index < -0.39 is 0 Å². The maximum absolute atomic E-state index is 12.4. The van der Waals surface area contributed by atoms with E-state index in [2.05, 4.69) is 31.2 Å². The van der Waals surface area contributed by atoms with E-state index in [0.29, 0.717) is 12.0 Å². The van der Waals surface area contributed by atoms with Crippen molar-refractivity contribution < 1.29 is 9.90 Å². The summed E-state index contributed by atoms with van der Waals surface area (Å²) in [6.45, 7) is 6.23. The van der Waals surface area contributed by atoms with Gasteiger partial charge in [0.1, 0.15) is 0 Å². The van der Waals surface area contributed by atoms with Crippen LogP contribution in [0.5, 0.6) is 0 Å². The second kappa shape index (κ2) is 6.96. The number of benzene rings is 1. The quantitative estimate of drug-likeness (QED) is 0.887. The normalized spacial score (nSPS) is 12.9. The van der Waals surface area contributed by atoms with Gasteiger partial charge in [0.25, 0.3) is 5.91 Å². The summed E-state index contributed by atoms with van der Waals surface area (Å²) < 4.78 is 1.71. The zero-order valence-electron chi connectivity index (χ0n) is 14.2. The second-order valence-electron chi connectivity index (χ2n) is 6.91. The SMILES string of the molecule is Cn1cc(CC(CO)NC(=O)c2cccc(C(C)(C)C)c2)cn1. The average Bonchev–Trinajstić information content (AvgIpc) is 2.91. The fourth-order valence-electron chi connectivity index (χ4n) is 2.42. The Labute approximate surface area is 137 Å². The lowest BCUT2D eigenvalue weighted by molar-refractivity contribution is 0.0916. The molecular weight excluding hydrogens is 290 g/mol. The predicted molar refractivity (Wildman–Crippen MR) is 90.4 cm³/mol. The Morgan fingerprint density at radius 3 is 2.70 bits per heavy atom. The van der Waals surface area contributed by atoms with Gasteiger partial charge in [-0.3, -0.25) is 9.48 Å². The third-order valence-corrected chi connectivity index (χ3v) is 3.79. The Morgan fingerprint density at radius 2 is 2.13 bits per heavy atom. The van der Waals surface area contributed by atoms with E-state index in [4.69, 9.17) is 0 Å². The van der Waals surface area contributed by atoms with Crippen molar-refractivity contribution in [1.29, 1.82) is 0 Å². The summed E-state index contributed by atoms with van der Waals surface area (Å²) in [4.78, 5) is 12.4. The van der Waals surface area contributed by atoms with Gasteiger partial charge in [-0.1, -0.05) is 32.9 Å². The average molecular weight is 315 g/mol. The number of nitrogens with zero attached hydrogens (tertiary/aromatic N) is 2. The lowest BCUT2D eigenvalue weighted by atomic mass is 9.86. The number of rotatable bonds is 5. The molecule has 2 aromatic rings. The number of aliphatic hydroxyl groups is 1. The fourth-order valence-corrected chi connectivity index (χ4v) is 2.42. The highest BCUT2D eigenvalue weighted by Gasteiger charge is 2.18. The molecule has 0 radical (unpaired) electrons. The van der Waals surface area contributed by atoms with E-state index in [1.165, 1.54) is 0 Å². The van der Waals surface area contributed by atoms with Crippen molar-refractivity contribution in [2.75, 3.05) is 6.61 Å². The van der Waals surface area contributed by atoms with Crippen LogP contribution in [0.3, 0.4) is 0 Å². The Hall–Kier alpha value is -2.14. The van der Waals surface area contributed by atoms with Gasteiger partial charge < -0.3 is 10.4 Å². The first kappa shape index (κ1) is 17.2.